The van der Waals surface area contributed by atoms with Crippen molar-refractivity contribution < 1.29 is 14.0 Å². The van der Waals surface area contributed by atoms with Crippen molar-refractivity contribution in [3.8, 4) is 22.9 Å². The van der Waals surface area contributed by atoms with Crippen LogP contribution in [-0.2, 0) is 0 Å². The third-order valence-corrected chi connectivity index (χ3v) is 3.11. The first-order chi connectivity index (χ1) is 9.71. The Kier molecular flexibility index (Phi) is 4.57. The van der Waals surface area contributed by atoms with Crippen molar-refractivity contribution in [2.45, 2.75) is 19.4 Å². The summed E-state index contributed by atoms with van der Waals surface area (Å²) in [5.41, 5.74) is 0.794. The molecule has 1 N–H and O–H groups in total. The van der Waals surface area contributed by atoms with Crippen LogP contribution in [0.3, 0.4) is 0 Å². The van der Waals surface area contributed by atoms with E-state index in [2.05, 4.69) is 22.4 Å². The smallest absolute Gasteiger partial charge is 0.244 e. The highest BCUT2D eigenvalue weighted by Gasteiger charge is 2.17. The average molecular weight is 277 g/mol. The number of hydrogen-bond acceptors (Lipinski definition) is 6. The van der Waals surface area contributed by atoms with Crippen LogP contribution in [0.4, 0.5) is 0 Å². The first-order valence-electron chi connectivity index (χ1n) is 6.46. The van der Waals surface area contributed by atoms with E-state index >= 15 is 0 Å². The van der Waals surface area contributed by atoms with Crippen molar-refractivity contribution in [2.24, 2.45) is 0 Å². The van der Waals surface area contributed by atoms with Gasteiger partial charge in [-0.3, -0.25) is 0 Å². The number of nitrogens with zero attached hydrogens (tertiary/aromatic N) is 2. The van der Waals surface area contributed by atoms with Crippen molar-refractivity contribution in [1.29, 1.82) is 0 Å². The van der Waals surface area contributed by atoms with Gasteiger partial charge in [0.1, 0.15) is 11.5 Å². The fourth-order valence-corrected chi connectivity index (χ4v) is 1.93. The molecule has 0 aliphatic carbocycles. The highest BCUT2D eigenvalue weighted by molar-refractivity contribution is 5.60. The maximum atomic E-state index is 5.30. The maximum Gasteiger partial charge on any atom is 0.244 e. The van der Waals surface area contributed by atoms with Gasteiger partial charge in [0, 0.05) is 11.6 Å². The minimum Gasteiger partial charge on any atom is -0.497 e. The van der Waals surface area contributed by atoms with Crippen LogP contribution < -0.4 is 14.8 Å². The van der Waals surface area contributed by atoms with E-state index in [1.54, 1.807) is 20.3 Å². The number of hydrogen-bond donors (Lipinski definition) is 1. The molecule has 0 saturated carbocycles. The Balaban J connectivity index is 2.36. The van der Waals surface area contributed by atoms with Gasteiger partial charge < -0.3 is 19.3 Å². The topological polar surface area (TPSA) is 69.4 Å². The van der Waals surface area contributed by atoms with Crippen LogP contribution in [0.15, 0.2) is 22.7 Å². The molecular formula is C14H19N3O3. The Labute approximate surface area is 118 Å². The van der Waals surface area contributed by atoms with Crippen LogP contribution in [0.5, 0.6) is 11.5 Å². The third kappa shape index (κ3) is 2.91. The molecule has 6 nitrogen and oxygen atoms in total. The summed E-state index contributed by atoms with van der Waals surface area (Å²) in [7, 11) is 5.08. The van der Waals surface area contributed by atoms with Crippen LogP contribution in [0.1, 0.15) is 25.3 Å². The number of aromatic nitrogens is 2. The van der Waals surface area contributed by atoms with Gasteiger partial charge in [-0.1, -0.05) is 12.1 Å². The second kappa shape index (κ2) is 6.38. The van der Waals surface area contributed by atoms with Crippen molar-refractivity contribution >= 4 is 0 Å². The minimum atomic E-state index is 0.0590. The Morgan fingerprint density at radius 1 is 1.20 bits per heavy atom. The summed E-state index contributed by atoms with van der Waals surface area (Å²) in [6, 6.07) is 5.55. The fraction of sp³-hybridized carbons (Fsp3) is 0.429. The van der Waals surface area contributed by atoms with E-state index < -0.39 is 0 Å². The molecule has 1 aromatic carbocycles. The molecule has 1 heterocycles. The molecule has 0 bridgehead atoms. The predicted molar refractivity (Wildman–Crippen MR) is 74.9 cm³/mol. The van der Waals surface area contributed by atoms with Crippen molar-refractivity contribution in [3.05, 3.63) is 24.1 Å². The van der Waals surface area contributed by atoms with Crippen LogP contribution in [0.25, 0.3) is 11.4 Å². The Bertz CT molecular complexity index is 542. The van der Waals surface area contributed by atoms with E-state index in [1.807, 2.05) is 19.2 Å². The van der Waals surface area contributed by atoms with E-state index in [9.17, 15) is 0 Å². The molecule has 1 aromatic heterocycles. The zero-order valence-electron chi connectivity index (χ0n) is 12.1. The highest BCUT2D eigenvalue weighted by atomic mass is 16.5. The van der Waals surface area contributed by atoms with Crippen LogP contribution >= 0.6 is 0 Å². The molecule has 2 aromatic rings. The third-order valence-electron chi connectivity index (χ3n) is 3.11. The first-order valence-corrected chi connectivity index (χ1v) is 6.46. The lowest BCUT2D eigenvalue weighted by molar-refractivity contribution is 0.334. The van der Waals surface area contributed by atoms with Gasteiger partial charge in [-0.2, -0.15) is 4.98 Å². The van der Waals surface area contributed by atoms with Crippen LogP contribution in [0.2, 0.25) is 0 Å². The van der Waals surface area contributed by atoms with E-state index in [1.165, 1.54) is 0 Å². The largest absolute Gasteiger partial charge is 0.497 e. The summed E-state index contributed by atoms with van der Waals surface area (Å²) < 4.78 is 15.8. The molecule has 0 amide bonds. The molecule has 0 aliphatic heterocycles. The lowest BCUT2D eigenvalue weighted by Gasteiger charge is -2.07. The summed E-state index contributed by atoms with van der Waals surface area (Å²) in [6.45, 7) is 2.06. The van der Waals surface area contributed by atoms with Crippen molar-refractivity contribution in [1.82, 2.24) is 15.5 Å². The molecule has 0 aliphatic rings. The molecule has 1 unspecified atom stereocenters. The van der Waals surface area contributed by atoms with Crippen molar-refractivity contribution in [2.75, 3.05) is 21.3 Å². The number of benzene rings is 1. The van der Waals surface area contributed by atoms with Gasteiger partial charge in [0.05, 0.1) is 20.3 Å². The van der Waals surface area contributed by atoms with Gasteiger partial charge in [0.15, 0.2) is 0 Å². The molecule has 0 saturated heterocycles. The molecule has 0 spiro atoms. The van der Waals surface area contributed by atoms with Gasteiger partial charge in [-0.25, -0.2) is 0 Å². The molecule has 6 heteroatoms. The SMILES string of the molecule is CCC(NC)c1nc(-c2cc(OC)cc(OC)c2)no1. The molecular weight excluding hydrogens is 258 g/mol. The van der Waals surface area contributed by atoms with E-state index in [0.717, 1.165) is 12.0 Å². The van der Waals surface area contributed by atoms with E-state index in [0.29, 0.717) is 23.2 Å². The lowest BCUT2D eigenvalue weighted by atomic mass is 10.2. The van der Waals surface area contributed by atoms with Gasteiger partial charge in [0.2, 0.25) is 11.7 Å². The summed E-state index contributed by atoms with van der Waals surface area (Å²) in [6.07, 6.45) is 0.875. The van der Waals surface area contributed by atoms with Gasteiger partial charge in [-0.15, -0.1) is 0 Å². The zero-order chi connectivity index (χ0) is 14.5. The van der Waals surface area contributed by atoms with Crippen molar-refractivity contribution in [3.63, 3.8) is 0 Å². The Morgan fingerprint density at radius 3 is 2.35 bits per heavy atom. The molecule has 1 atom stereocenters. The van der Waals surface area contributed by atoms with Crippen LogP contribution in [0, 0.1) is 0 Å². The summed E-state index contributed by atoms with van der Waals surface area (Å²) in [5.74, 6) is 2.47. The highest BCUT2D eigenvalue weighted by Crippen LogP contribution is 2.28. The monoisotopic (exact) mass is 277 g/mol. The standard InChI is InChI=1S/C14H19N3O3/c1-5-12(15-2)14-16-13(17-20-14)9-6-10(18-3)8-11(7-9)19-4/h6-8,12,15H,5H2,1-4H3. The van der Waals surface area contributed by atoms with Gasteiger partial charge in [-0.05, 0) is 25.6 Å². The lowest BCUT2D eigenvalue weighted by Crippen LogP contribution is -2.15. The summed E-state index contributed by atoms with van der Waals surface area (Å²) >= 11 is 0. The number of ether oxygens (including phenoxy) is 2. The average Bonchev–Trinajstić information content (AvgIpc) is 2.97. The number of methoxy groups -OCH3 is 2. The molecule has 0 radical (unpaired) electrons. The normalized spacial score (nSPS) is 12.2. The zero-order valence-corrected chi connectivity index (χ0v) is 12.1. The van der Waals surface area contributed by atoms with E-state index in [-0.39, 0.29) is 6.04 Å². The number of rotatable bonds is 6. The predicted octanol–water partition coefficient (Wildman–Crippen LogP) is 2.42. The quantitative estimate of drug-likeness (QED) is 0.874. The molecule has 20 heavy (non-hydrogen) atoms. The molecule has 0 fully saturated rings. The van der Waals surface area contributed by atoms with Crippen LogP contribution in [-0.4, -0.2) is 31.4 Å². The minimum absolute atomic E-state index is 0.0590. The second-order valence-electron chi connectivity index (χ2n) is 4.31. The van der Waals surface area contributed by atoms with Gasteiger partial charge in [0.25, 0.3) is 0 Å². The Hall–Kier alpha value is -2.08. The molecule has 108 valence electrons. The first kappa shape index (κ1) is 14.3. The fourth-order valence-electron chi connectivity index (χ4n) is 1.93. The number of nitrogens with one attached hydrogen (secondary N) is 1. The van der Waals surface area contributed by atoms with E-state index in [4.69, 9.17) is 14.0 Å². The second-order valence-corrected chi connectivity index (χ2v) is 4.31. The summed E-state index contributed by atoms with van der Waals surface area (Å²) in [5, 5.41) is 7.15. The molecule has 2 rings (SSSR count). The Morgan fingerprint density at radius 2 is 1.85 bits per heavy atom. The van der Waals surface area contributed by atoms with Gasteiger partial charge >= 0.3 is 0 Å². The maximum absolute atomic E-state index is 5.30. The summed E-state index contributed by atoms with van der Waals surface area (Å²) in [4.78, 5) is 4.42.